The van der Waals surface area contributed by atoms with Crippen molar-refractivity contribution < 1.29 is 4.39 Å². The van der Waals surface area contributed by atoms with Gasteiger partial charge in [0.25, 0.3) is 0 Å². The fraction of sp³-hybridized carbons (Fsp3) is 0.214. The summed E-state index contributed by atoms with van der Waals surface area (Å²) in [6.07, 6.45) is 4.17. The number of nitrogens with zero attached hydrogens (tertiary/aromatic N) is 2. The second-order valence-corrected chi connectivity index (χ2v) is 4.93. The summed E-state index contributed by atoms with van der Waals surface area (Å²) in [7, 11) is 0. The molecule has 0 spiro atoms. The molecule has 0 aliphatic heterocycles. The predicted molar refractivity (Wildman–Crippen MR) is 79.0 cm³/mol. The van der Waals surface area contributed by atoms with Crippen molar-refractivity contribution in [2.24, 2.45) is 5.73 Å². The Morgan fingerprint density at radius 3 is 2.68 bits per heavy atom. The highest BCUT2D eigenvalue weighted by molar-refractivity contribution is 9.10. The second kappa shape index (κ2) is 6.63. The molecule has 0 aliphatic carbocycles. The molecule has 0 amide bonds. The predicted octanol–water partition coefficient (Wildman–Crippen LogP) is 3.47. The van der Waals surface area contributed by atoms with E-state index in [1.54, 1.807) is 24.5 Å². The number of rotatable bonds is 5. The standard InChI is InChI=1S/C14H15BrFN3/c15-11-10-18-8-6-13(11)19(9-3-7-17)14-5-2-1-4-12(14)16/h1-2,4-6,8,10H,3,7,9,17H2. The molecular weight excluding hydrogens is 309 g/mol. The Morgan fingerprint density at radius 1 is 1.21 bits per heavy atom. The number of para-hydroxylation sites is 1. The lowest BCUT2D eigenvalue weighted by molar-refractivity contribution is 0.623. The minimum absolute atomic E-state index is 0.247. The van der Waals surface area contributed by atoms with Crippen molar-refractivity contribution in [2.75, 3.05) is 18.0 Å². The Hall–Kier alpha value is -1.46. The van der Waals surface area contributed by atoms with Crippen molar-refractivity contribution in [1.29, 1.82) is 0 Å². The van der Waals surface area contributed by atoms with E-state index in [-0.39, 0.29) is 5.82 Å². The summed E-state index contributed by atoms with van der Waals surface area (Å²) in [6, 6.07) is 8.58. The van der Waals surface area contributed by atoms with Crippen LogP contribution in [0.5, 0.6) is 0 Å². The van der Waals surface area contributed by atoms with Crippen molar-refractivity contribution in [3.05, 3.63) is 53.0 Å². The van der Waals surface area contributed by atoms with E-state index in [1.165, 1.54) is 6.07 Å². The van der Waals surface area contributed by atoms with Crippen LogP contribution in [-0.2, 0) is 0 Å². The van der Waals surface area contributed by atoms with Gasteiger partial charge in [-0.05, 0) is 47.1 Å². The summed E-state index contributed by atoms with van der Waals surface area (Å²) in [4.78, 5) is 5.94. The van der Waals surface area contributed by atoms with Gasteiger partial charge < -0.3 is 10.6 Å². The molecule has 0 unspecified atom stereocenters. The van der Waals surface area contributed by atoms with E-state index in [2.05, 4.69) is 20.9 Å². The van der Waals surface area contributed by atoms with Gasteiger partial charge in [0.1, 0.15) is 5.82 Å². The Kier molecular flexibility index (Phi) is 4.87. The van der Waals surface area contributed by atoms with E-state index in [4.69, 9.17) is 5.73 Å². The van der Waals surface area contributed by atoms with Crippen molar-refractivity contribution in [3.8, 4) is 0 Å². The fourth-order valence-electron chi connectivity index (χ4n) is 1.88. The normalized spacial score (nSPS) is 10.5. The number of pyridine rings is 1. The molecule has 1 aromatic heterocycles. The molecule has 0 aliphatic rings. The van der Waals surface area contributed by atoms with Gasteiger partial charge in [-0.2, -0.15) is 0 Å². The zero-order valence-corrected chi connectivity index (χ0v) is 12.0. The molecule has 19 heavy (non-hydrogen) atoms. The lowest BCUT2D eigenvalue weighted by Crippen LogP contribution is -2.22. The summed E-state index contributed by atoms with van der Waals surface area (Å²) in [6.45, 7) is 1.22. The number of halogens is 2. The van der Waals surface area contributed by atoms with Gasteiger partial charge >= 0.3 is 0 Å². The van der Waals surface area contributed by atoms with Crippen LogP contribution in [0, 0.1) is 5.82 Å². The Bertz CT molecular complexity index is 502. The van der Waals surface area contributed by atoms with E-state index in [0.29, 0.717) is 18.8 Å². The lowest BCUT2D eigenvalue weighted by atomic mass is 10.2. The SMILES string of the molecule is NCCCN(c1ccccc1F)c1ccncc1Br. The highest BCUT2D eigenvalue weighted by Gasteiger charge is 2.15. The van der Waals surface area contributed by atoms with Crippen molar-refractivity contribution in [3.63, 3.8) is 0 Å². The first-order valence-electron chi connectivity index (χ1n) is 6.05. The smallest absolute Gasteiger partial charge is 0.146 e. The zero-order chi connectivity index (χ0) is 13.7. The van der Waals surface area contributed by atoms with Crippen LogP contribution in [0.1, 0.15) is 6.42 Å². The number of hydrogen-bond acceptors (Lipinski definition) is 3. The van der Waals surface area contributed by atoms with E-state index < -0.39 is 0 Å². The average Bonchev–Trinajstić information content (AvgIpc) is 2.42. The second-order valence-electron chi connectivity index (χ2n) is 4.07. The average molecular weight is 324 g/mol. The molecule has 0 saturated heterocycles. The van der Waals surface area contributed by atoms with Crippen LogP contribution >= 0.6 is 15.9 Å². The van der Waals surface area contributed by atoms with Gasteiger partial charge in [0.15, 0.2) is 0 Å². The molecular formula is C14H15BrFN3. The number of nitrogens with two attached hydrogens (primary N) is 1. The van der Waals surface area contributed by atoms with Gasteiger partial charge in [0, 0.05) is 18.9 Å². The molecule has 0 saturated carbocycles. The van der Waals surface area contributed by atoms with E-state index >= 15 is 0 Å². The Morgan fingerprint density at radius 2 is 2.00 bits per heavy atom. The molecule has 0 radical (unpaired) electrons. The molecule has 0 bridgehead atoms. The van der Waals surface area contributed by atoms with Gasteiger partial charge in [-0.15, -0.1) is 0 Å². The highest BCUT2D eigenvalue weighted by atomic mass is 79.9. The zero-order valence-electron chi connectivity index (χ0n) is 10.4. The number of hydrogen-bond donors (Lipinski definition) is 1. The molecule has 1 heterocycles. The number of benzene rings is 1. The van der Waals surface area contributed by atoms with Gasteiger partial charge in [0.2, 0.25) is 0 Å². The van der Waals surface area contributed by atoms with Crippen LogP contribution in [0.25, 0.3) is 0 Å². The van der Waals surface area contributed by atoms with Crippen LogP contribution in [0.3, 0.4) is 0 Å². The minimum Gasteiger partial charge on any atom is -0.338 e. The molecule has 100 valence electrons. The number of aromatic nitrogens is 1. The third kappa shape index (κ3) is 3.30. The van der Waals surface area contributed by atoms with Crippen LogP contribution in [0.15, 0.2) is 47.2 Å². The quantitative estimate of drug-likeness (QED) is 0.916. The highest BCUT2D eigenvalue weighted by Crippen LogP contribution is 2.32. The molecule has 3 nitrogen and oxygen atoms in total. The van der Waals surface area contributed by atoms with Crippen molar-refractivity contribution >= 4 is 27.3 Å². The number of anilines is 2. The third-order valence-corrected chi connectivity index (χ3v) is 3.38. The molecule has 2 aromatic rings. The summed E-state index contributed by atoms with van der Waals surface area (Å²) < 4.78 is 14.8. The maximum absolute atomic E-state index is 14.0. The van der Waals surface area contributed by atoms with Crippen LogP contribution in [-0.4, -0.2) is 18.1 Å². The third-order valence-electron chi connectivity index (χ3n) is 2.77. The Labute approximate surface area is 120 Å². The first-order valence-corrected chi connectivity index (χ1v) is 6.85. The molecule has 2 rings (SSSR count). The van der Waals surface area contributed by atoms with E-state index in [0.717, 1.165) is 16.6 Å². The lowest BCUT2D eigenvalue weighted by Gasteiger charge is -2.26. The fourth-order valence-corrected chi connectivity index (χ4v) is 2.34. The topological polar surface area (TPSA) is 42.1 Å². The first kappa shape index (κ1) is 14.0. The maximum atomic E-state index is 14.0. The first-order chi connectivity index (χ1) is 9.24. The van der Waals surface area contributed by atoms with Crippen LogP contribution in [0.2, 0.25) is 0 Å². The van der Waals surface area contributed by atoms with Crippen molar-refractivity contribution in [1.82, 2.24) is 4.98 Å². The largest absolute Gasteiger partial charge is 0.338 e. The van der Waals surface area contributed by atoms with Gasteiger partial charge in [-0.25, -0.2) is 4.39 Å². The van der Waals surface area contributed by atoms with Crippen LogP contribution < -0.4 is 10.6 Å². The van der Waals surface area contributed by atoms with Crippen LogP contribution in [0.4, 0.5) is 15.8 Å². The van der Waals surface area contributed by atoms with Crippen molar-refractivity contribution in [2.45, 2.75) is 6.42 Å². The molecule has 2 N–H and O–H groups in total. The molecule has 0 atom stereocenters. The summed E-state index contributed by atoms with van der Waals surface area (Å²) in [5.41, 5.74) is 6.99. The van der Waals surface area contributed by atoms with Gasteiger partial charge in [-0.1, -0.05) is 12.1 Å². The molecule has 5 heteroatoms. The Balaban J connectivity index is 2.42. The molecule has 1 aromatic carbocycles. The summed E-state index contributed by atoms with van der Waals surface area (Å²) in [5, 5.41) is 0. The summed E-state index contributed by atoms with van der Waals surface area (Å²) in [5.74, 6) is -0.247. The van der Waals surface area contributed by atoms with Gasteiger partial charge in [0.05, 0.1) is 15.8 Å². The van der Waals surface area contributed by atoms with Gasteiger partial charge in [-0.3, -0.25) is 4.98 Å². The molecule has 0 fully saturated rings. The minimum atomic E-state index is -0.247. The van der Waals surface area contributed by atoms with E-state index in [9.17, 15) is 4.39 Å². The monoisotopic (exact) mass is 323 g/mol. The maximum Gasteiger partial charge on any atom is 0.146 e. The van der Waals surface area contributed by atoms with E-state index in [1.807, 2.05) is 17.0 Å². The summed E-state index contributed by atoms with van der Waals surface area (Å²) >= 11 is 3.45.